The van der Waals surface area contributed by atoms with Gasteiger partial charge < -0.3 is 14.6 Å². The van der Waals surface area contributed by atoms with E-state index in [4.69, 9.17) is 9.47 Å². The van der Waals surface area contributed by atoms with Gasteiger partial charge in [-0.15, -0.1) is 0 Å². The van der Waals surface area contributed by atoms with E-state index >= 15 is 0 Å². The molecule has 1 aliphatic rings. The smallest absolute Gasteiger partial charge is 0.137 e. The molecule has 2 rings (SSSR count). The van der Waals surface area contributed by atoms with Gasteiger partial charge in [0.15, 0.2) is 0 Å². The van der Waals surface area contributed by atoms with Crippen molar-refractivity contribution in [2.45, 2.75) is 26.2 Å². The second kappa shape index (κ2) is 6.18. The summed E-state index contributed by atoms with van der Waals surface area (Å²) in [5, 5.41) is 9.21. The van der Waals surface area contributed by atoms with Gasteiger partial charge in [0.25, 0.3) is 0 Å². The lowest BCUT2D eigenvalue weighted by Gasteiger charge is -2.21. The number of nitrogens with zero attached hydrogens (tertiary/aromatic N) is 1. The summed E-state index contributed by atoms with van der Waals surface area (Å²) in [7, 11) is 0. The van der Waals surface area contributed by atoms with E-state index in [1.807, 2.05) is 31.2 Å². The molecule has 1 fully saturated rings. The zero-order valence-electron chi connectivity index (χ0n) is 11.0. The van der Waals surface area contributed by atoms with E-state index in [1.165, 1.54) is 0 Å². The number of aliphatic hydroxyl groups is 1. The molecule has 100 valence electrons. The molecule has 1 heterocycles. The first-order chi connectivity index (χ1) is 8.78. The quantitative estimate of drug-likeness (QED) is 0.866. The number of aliphatic hydroxyl groups excluding tert-OH is 1. The summed E-state index contributed by atoms with van der Waals surface area (Å²) in [6, 6.07) is 7.97. The lowest BCUT2D eigenvalue weighted by atomic mass is 10.2. The first kappa shape index (κ1) is 13.3. The van der Waals surface area contributed by atoms with Crippen molar-refractivity contribution < 1.29 is 14.6 Å². The Morgan fingerprint density at radius 3 is 2.94 bits per heavy atom. The van der Waals surface area contributed by atoms with Crippen LogP contribution in [0, 0.1) is 0 Å². The minimum absolute atomic E-state index is 0.0676. The summed E-state index contributed by atoms with van der Waals surface area (Å²) in [5.74, 6) is 0.863. The zero-order chi connectivity index (χ0) is 13.0. The Morgan fingerprint density at radius 1 is 1.44 bits per heavy atom. The van der Waals surface area contributed by atoms with Gasteiger partial charge in [0.05, 0.1) is 19.3 Å². The van der Waals surface area contributed by atoms with Crippen LogP contribution in [0.3, 0.4) is 0 Å². The predicted molar refractivity (Wildman–Crippen MR) is 69.6 cm³/mol. The molecule has 18 heavy (non-hydrogen) atoms. The highest BCUT2D eigenvalue weighted by Gasteiger charge is 2.32. The maximum absolute atomic E-state index is 9.21. The highest BCUT2D eigenvalue weighted by molar-refractivity contribution is 5.30. The van der Waals surface area contributed by atoms with Crippen LogP contribution in [0.15, 0.2) is 24.3 Å². The molecule has 0 saturated carbocycles. The van der Waals surface area contributed by atoms with Crippen LogP contribution in [-0.4, -0.2) is 42.4 Å². The van der Waals surface area contributed by atoms with Crippen molar-refractivity contribution in [3.05, 3.63) is 29.8 Å². The van der Waals surface area contributed by atoms with E-state index in [1.54, 1.807) is 0 Å². The Kier molecular flexibility index (Phi) is 4.58. The highest BCUT2D eigenvalue weighted by Crippen LogP contribution is 2.31. The molecule has 0 aliphatic carbocycles. The molecule has 0 spiro atoms. The molecule has 0 bridgehead atoms. The van der Waals surface area contributed by atoms with Crippen LogP contribution in [0.2, 0.25) is 0 Å². The molecular formula is C14H21NO3. The van der Waals surface area contributed by atoms with Gasteiger partial charge in [-0.3, -0.25) is 4.90 Å². The summed E-state index contributed by atoms with van der Waals surface area (Å²) >= 11 is 0. The Labute approximate surface area is 108 Å². The second-order valence-electron chi connectivity index (χ2n) is 4.39. The molecule has 4 nitrogen and oxygen atoms in total. The van der Waals surface area contributed by atoms with Crippen molar-refractivity contribution in [2.75, 3.05) is 26.3 Å². The van der Waals surface area contributed by atoms with Gasteiger partial charge in [-0.2, -0.15) is 0 Å². The Balaban J connectivity index is 2.16. The van der Waals surface area contributed by atoms with Crippen molar-refractivity contribution in [1.82, 2.24) is 4.90 Å². The first-order valence-electron chi connectivity index (χ1n) is 6.51. The average Bonchev–Trinajstić information content (AvgIpc) is 2.83. The summed E-state index contributed by atoms with van der Waals surface area (Å²) < 4.78 is 11.4. The van der Waals surface area contributed by atoms with Crippen LogP contribution in [-0.2, 0) is 4.74 Å². The maximum Gasteiger partial charge on any atom is 0.137 e. The topological polar surface area (TPSA) is 41.9 Å². The van der Waals surface area contributed by atoms with Crippen molar-refractivity contribution in [2.24, 2.45) is 0 Å². The van der Waals surface area contributed by atoms with Gasteiger partial charge in [-0.05, 0) is 31.2 Å². The van der Waals surface area contributed by atoms with Gasteiger partial charge in [0, 0.05) is 6.54 Å². The van der Waals surface area contributed by atoms with Crippen LogP contribution in [0.1, 0.15) is 25.6 Å². The molecule has 1 aromatic carbocycles. The van der Waals surface area contributed by atoms with Crippen molar-refractivity contribution in [3.8, 4) is 5.75 Å². The zero-order valence-corrected chi connectivity index (χ0v) is 11.0. The number of benzene rings is 1. The van der Waals surface area contributed by atoms with Crippen LogP contribution >= 0.6 is 0 Å². The Morgan fingerprint density at radius 2 is 2.28 bits per heavy atom. The molecule has 1 saturated heterocycles. The van der Waals surface area contributed by atoms with Crippen molar-refractivity contribution in [1.29, 1.82) is 0 Å². The third-order valence-electron chi connectivity index (χ3n) is 3.16. The number of hydrogen-bond donors (Lipinski definition) is 1. The normalized spacial score (nSPS) is 24.4. The Bertz CT molecular complexity index is 383. The second-order valence-corrected chi connectivity index (χ2v) is 4.39. The van der Waals surface area contributed by atoms with E-state index < -0.39 is 0 Å². The van der Waals surface area contributed by atoms with Gasteiger partial charge in [-0.1, -0.05) is 19.1 Å². The Hall–Kier alpha value is -1.10. The monoisotopic (exact) mass is 251 g/mol. The standard InChI is InChI=1S/C14H21NO3/c1-3-15-9-13(10-16)18-14(15)11-6-5-7-12(8-11)17-4-2/h5-8,13-14,16H,3-4,9-10H2,1-2H3. The fourth-order valence-electron chi connectivity index (χ4n) is 2.28. The summed E-state index contributed by atoms with van der Waals surface area (Å²) in [6.45, 7) is 6.47. The molecule has 0 aromatic heterocycles. The van der Waals surface area contributed by atoms with Crippen molar-refractivity contribution in [3.63, 3.8) is 0 Å². The van der Waals surface area contributed by atoms with Gasteiger partial charge >= 0.3 is 0 Å². The SMILES string of the molecule is CCOc1cccc(C2OC(CO)CN2CC)c1. The summed E-state index contributed by atoms with van der Waals surface area (Å²) in [6.07, 6.45) is -0.168. The third kappa shape index (κ3) is 2.83. The minimum atomic E-state index is -0.0919. The summed E-state index contributed by atoms with van der Waals surface area (Å²) in [4.78, 5) is 2.21. The molecule has 0 amide bonds. The third-order valence-corrected chi connectivity index (χ3v) is 3.16. The molecular weight excluding hydrogens is 230 g/mol. The van der Waals surface area contributed by atoms with Crippen LogP contribution in [0.5, 0.6) is 5.75 Å². The fraction of sp³-hybridized carbons (Fsp3) is 0.571. The first-order valence-corrected chi connectivity index (χ1v) is 6.51. The van der Waals surface area contributed by atoms with E-state index in [0.29, 0.717) is 6.61 Å². The van der Waals surface area contributed by atoms with Gasteiger partial charge in [0.2, 0.25) is 0 Å². The average molecular weight is 251 g/mol. The summed E-state index contributed by atoms with van der Waals surface area (Å²) in [5.41, 5.74) is 1.08. The number of rotatable bonds is 5. The minimum Gasteiger partial charge on any atom is -0.494 e. The van der Waals surface area contributed by atoms with Crippen LogP contribution in [0.4, 0.5) is 0 Å². The van der Waals surface area contributed by atoms with E-state index in [2.05, 4.69) is 11.8 Å². The molecule has 4 heteroatoms. The number of ether oxygens (including phenoxy) is 2. The maximum atomic E-state index is 9.21. The lowest BCUT2D eigenvalue weighted by molar-refractivity contribution is -0.0185. The molecule has 2 atom stereocenters. The van der Waals surface area contributed by atoms with E-state index in [-0.39, 0.29) is 18.9 Å². The number of likely N-dealkylation sites (N-methyl/N-ethyl adjacent to an activating group) is 1. The van der Waals surface area contributed by atoms with Gasteiger partial charge in [0.1, 0.15) is 12.0 Å². The lowest BCUT2D eigenvalue weighted by Crippen LogP contribution is -2.25. The van der Waals surface area contributed by atoms with E-state index in [0.717, 1.165) is 24.4 Å². The predicted octanol–water partition coefficient (Wildman–Crippen LogP) is 1.80. The fourth-order valence-corrected chi connectivity index (χ4v) is 2.28. The molecule has 1 aliphatic heterocycles. The van der Waals surface area contributed by atoms with E-state index in [9.17, 15) is 5.11 Å². The number of hydrogen-bond acceptors (Lipinski definition) is 4. The molecule has 2 unspecified atom stereocenters. The highest BCUT2D eigenvalue weighted by atomic mass is 16.5. The molecule has 1 N–H and O–H groups in total. The van der Waals surface area contributed by atoms with Crippen LogP contribution < -0.4 is 4.74 Å². The van der Waals surface area contributed by atoms with Crippen molar-refractivity contribution >= 4 is 0 Å². The largest absolute Gasteiger partial charge is 0.494 e. The molecule has 1 aromatic rings. The van der Waals surface area contributed by atoms with Gasteiger partial charge in [-0.25, -0.2) is 0 Å². The molecule has 0 radical (unpaired) electrons. The van der Waals surface area contributed by atoms with Crippen LogP contribution in [0.25, 0.3) is 0 Å².